The molecule has 6 rings (SSSR count). The molecule has 0 fully saturated rings. The molecule has 8 heteroatoms. The Morgan fingerprint density at radius 1 is 1.02 bits per heavy atom. The van der Waals surface area contributed by atoms with Crippen LogP contribution >= 0.6 is 22.9 Å². The lowest BCUT2D eigenvalue weighted by molar-refractivity contribution is -0.139. The van der Waals surface area contributed by atoms with Gasteiger partial charge in [-0.25, -0.2) is 9.79 Å². The Labute approximate surface area is 251 Å². The van der Waals surface area contributed by atoms with Crippen LogP contribution in [0.1, 0.15) is 43.9 Å². The largest absolute Gasteiger partial charge is 0.496 e. The molecule has 0 saturated carbocycles. The van der Waals surface area contributed by atoms with Crippen LogP contribution in [-0.4, -0.2) is 24.3 Å². The fourth-order valence-corrected chi connectivity index (χ4v) is 6.85. The van der Waals surface area contributed by atoms with Gasteiger partial charge in [0.2, 0.25) is 0 Å². The van der Waals surface area contributed by atoms with Gasteiger partial charge in [0.15, 0.2) is 4.80 Å². The van der Waals surface area contributed by atoms with E-state index >= 15 is 0 Å². The smallest absolute Gasteiger partial charge is 0.338 e. The summed E-state index contributed by atoms with van der Waals surface area (Å²) in [6, 6.07) is 22.9. The fourth-order valence-electron chi connectivity index (χ4n) is 5.67. The summed E-state index contributed by atoms with van der Waals surface area (Å²) in [4.78, 5) is 33.3. The average Bonchev–Trinajstić information content (AvgIpc) is 3.30. The third-order valence-corrected chi connectivity index (χ3v) is 8.68. The molecule has 6 nitrogen and oxygen atoms in total. The Balaban J connectivity index is 1.69. The van der Waals surface area contributed by atoms with Crippen LogP contribution in [-0.2, 0) is 9.53 Å². The number of rotatable bonds is 7. The predicted octanol–water partition coefficient (Wildman–Crippen LogP) is 6.55. The first-order valence-electron chi connectivity index (χ1n) is 13.9. The molecule has 0 unspecified atom stereocenters. The third-order valence-electron chi connectivity index (χ3n) is 7.47. The van der Waals surface area contributed by atoms with E-state index in [0.29, 0.717) is 43.4 Å². The molecule has 0 amide bonds. The molecule has 0 N–H and O–H groups in total. The van der Waals surface area contributed by atoms with E-state index in [0.717, 1.165) is 33.5 Å². The number of carbonyl (C=O) groups is 1. The number of methoxy groups -OCH3 is 1. The standard InChI is InChI=1S/C34H29ClN2O4S/c1-4-10-27-30(33(39)41-5-2)31(26-18-22(35)15-16-28(26)40-3)37-32(38)29(42-34(37)36-27)19-25-23-13-8-6-11-20(23)17-21-12-7-9-14-24(21)25/h6-9,11-19,31H,4-5,10H2,1-3H3/b29-19+/t31-/m0/s1. The van der Waals surface area contributed by atoms with Crippen LogP contribution in [0.15, 0.2) is 93.9 Å². The van der Waals surface area contributed by atoms with Crippen LogP contribution in [0.2, 0.25) is 5.02 Å². The molecule has 1 aliphatic heterocycles. The fraction of sp³-hybridized carbons (Fsp3) is 0.206. The van der Waals surface area contributed by atoms with Crippen molar-refractivity contribution in [1.82, 2.24) is 4.57 Å². The normalized spacial score (nSPS) is 15.1. The second kappa shape index (κ2) is 11.6. The number of aromatic nitrogens is 1. The van der Waals surface area contributed by atoms with Gasteiger partial charge < -0.3 is 9.47 Å². The molecule has 5 aromatic rings. The zero-order chi connectivity index (χ0) is 29.4. The number of ether oxygens (including phenoxy) is 2. The summed E-state index contributed by atoms with van der Waals surface area (Å²) in [7, 11) is 1.56. The lowest BCUT2D eigenvalue weighted by Gasteiger charge is -2.27. The van der Waals surface area contributed by atoms with Gasteiger partial charge in [-0.3, -0.25) is 9.36 Å². The lowest BCUT2D eigenvalue weighted by atomic mass is 9.93. The van der Waals surface area contributed by atoms with E-state index in [1.807, 2.05) is 37.3 Å². The van der Waals surface area contributed by atoms with Gasteiger partial charge in [0.1, 0.15) is 11.8 Å². The van der Waals surface area contributed by atoms with E-state index in [1.165, 1.54) is 11.3 Å². The highest BCUT2D eigenvalue weighted by molar-refractivity contribution is 7.07. The van der Waals surface area contributed by atoms with Gasteiger partial charge >= 0.3 is 5.97 Å². The zero-order valence-electron chi connectivity index (χ0n) is 23.5. The number of halogens is 1. The highest BCUT2D eigenvalue weighted by Crippen LogP contribution is 2.38. The van der Waals surface area contributed by atoms with Crippen molar-refractivity contribution >= 4 is 56.5 Å². The van der Waals surface area contributed by atoms with Gasteiger partial charge in [-0.05, 0) is 70.8 Å². The first-order valence-corrected chi connectivity index (χ1v) is 15.1. The molecule has 212 valence electrons. The number of hydrogen-bond donors (Lipinski definition) is 0. The van der Waals surface area contributed by atoms with Crippen molar-refractivity contribution in [1.29, 1.82) is 0 Å². The Morgan fingerprint density at radius 3 is 2.36 bits per heavy atom. The van der Waals surface area contributed by atoms with E-state index < -0.39 is 12.0 Å². The van der Waals surface area contributed by atoms with E-state index in [4.69, 9.17) is 26.1 Å². The number of hydrogen-bond acceptors (Lipinski definition) is 6. The quantitative estimate of drug-likeness (QED) is 0.158. The monoisotopic (exact) mass is 596 g/mol. The number of allylic oxidation sites excluding steroid dienone is 1. The second-order valence-electron chi connectivity index (χ2n) is 10.0. The van der Waals surface area contributed by atoms with Crippen LogP contribution in [0.4, 0.5) is 0 Å². The van der Waals surface area contributed by atoms with Crippen LogP contribution in [0, 0.1) is 0 Å². The van der Waals surface area contributed by atoms with E-state index in [-0.39, 0.29) is 12.2 Å². The zero-order valence-corrected chi connectivity index (χ0v) is 25.1. The molecule has 4 aromatic carbocycles. The molecule has 2 heterocycles. The van der Waals surface area contributed by atoms with Gasteiger partial charge in [0.25, 0.3) is 5.56 Å². The summed E-state index contributed by atoms with van der Waals surface area (Å²) in [6.07, 6.45) is 3.26. The molecule has 1 atom stereocenters. The van der Waals surface area contributed by atoms with Crippen molar-refractivity contribution in [3.8, 4) is 5.75 Å². The molecule has 42 heavy (non-hydrogen) atoms. The number of thiazole rings is 1. The molecule has 0 bridgehead atoms. The van der Waals surface area contributed by atoms with Crippen LogP contribution < -0.4 is 19.6 Å². The highest BCUT2D eigenvalue weighted by Gasteiger charge is 2.36. The van der Waals surface area contributed by atoms with Gasteiger partial charge in [0.05, 0.1) is 29.5 Å². The topological polar surface area (TPSA) is 69.9 Å². The molecule has 0 radical (unpaired) electrons. The van der Waals surface area contributed by atoms with Crippen LogP contribution in [0.3, 0.4) is 0 Å². The first-order chi connectivity index (χ1) is 20.4. The van der Waals surface area contributed by atoms with Gasteiger partial charge in [-0.2, -0.15) is 0 Å². The minimum Gasteiger partial charge on any atom is -0.496 e. The van der Waals surface area contributed by atoms with Crippen molar-refractivity contribution < 1.29 is 14.3 Å². The SMILES string of the molecule is CCCC1=C(C(=O)OCC)[C@H](c2cc(Cl)ccc2OC)n2c(s/c(=C/c3c4ccccc4cc4ccccc34)c2=O)=N1. The summed E-state index contributed by atoms with van der Waals surface area (Å²) >= 11 is 7.78. The van der Waals surface area contributed by atoms with E-state index in [2.05, 4.69) is 30.3 Å². The van der Waals surface area contributed by atoms with E-state index in [9.17, 15) is 9.59 Å². The maximum absolute atomic E-state index is 14.4. The number of nitrogens with zero attached hydrogens (tertiary/aromatic N) is 2. The van der Waals surface area contributed by atoms with Crippen molar-refractivity contribution in [3.05, 3.63) is 120 Å². The maximum Gasteiger partial charge on any atom is 0.338 e. The number of esters is 1. The van der Waals surface area contributed by atoms with E-state index in [1.54, 1.807) is 36.8 Å². The lowest BCUT2D eigenvalue weighted by Crippen LogP contribution is -2.40. The average molecular weight is 597 g/mol. The van der Waals surface area contributed by atoms with Gasteiger partial charge in [-0.15, -0.1) is 0 Å². The third kappa shape index (κ3) is 4.82. The second-order valence-corrected chi connectivity index (χ2v) is 11.5. The van der Waals surface area contributed by atoms with Crippen molar-refractivity contribution in [2.75, 3.05) is 13.7 Å². The summed E-state index contributed by atoms with van der Waals surface area (Å²) in [6.45, 7) is 3.98. The highest BCUT2D eigenvalue weighted by atomic mass is 35.5. The molecular formula is C34H29ClN2O4S. The Bertz CT molecular complexity index is 2020. The van der Waals surface area contributed by atoms with Crippen LogP contribution in [0.5, 0.6) is 5.75 Å². The minimum absolute atomic E-state index is 0.194. The summed E-state index contributed by atoms with van der Waals surface area (Å²) < 4.78 is 13.3. The predicted molar refractivity (Wildman–Crippen MR) is 169 cm³/mol. The van der Waals surface area contributed by atoms with Gasteiger partial charge in [-0.1, -0.05) is 84.8 Å². The van der Waals surface area contributed by atoms with Crippen LogP contribution in [0.25, 0.3) is 27.6 Å². The van der Waals surface area contributed by atoms with Crippen molar-refractivity contribution in [2.24, 2.45) is 4.99 Å². The first kappa shape index (κ1) is 27.9. The molecule has 0 spiro atoms. The molecule has 0 aliphatic carbocycles. The van der Waals surface area contributed by atoms with Crippen molar-refractivity contribution in [3.63, 3.8) is 0 Å². The number of benzene rings is 4. The molecule has 0 saturated heterocycles. The Kier molecular flexibility index (Phi) is 7.71. The molecule has 1 aromatic heterocycles. The molecule has 1 aliphatic rings. The van der Waals surface area contributed by atoms with Gasteiger partial charge in [0, 0.05) is 10.6 Å². The Morgan fingerprint density at radius 2 is 1.71 bits per heavy atom. The minimum atomic E-state index is -0.818. The number of carbonyl (C=O) groups excluding carboxylic acids is 1. The Hall–Kier alpha value is -4.20. The number of fused-ring (bicyclic) bond motifs is 3. The molecular weight excluding hydrogens is 568 g/mol. The summed E-state index contributed by atoms with van der Waals surface area (Å²) in [5, 5.41) is 4.74. The maximum atomic E-state index is 14.4. The summed E-state index contributed by atoms with van der Waals surface area (Å²) in [5.41, 5.74) is 2.24. The summed E-state index contributed by atoms with van der Waals surface area (Å²) in [5.74, 6) is 0.00429. The van der Waals surface area contributed by atoms with Crippen molar-refractivity contribution in [2.45, 2.75) is 32.7 Å².